The largest absolute Gasteiger partial charge is 0.493 e. The molecule has 0 unspecified atom stereocenters. The van der Waals surface area contributed by atoms with Crippen molar-refractivity contribution in [1.82, 2.24) is 4.98 Å². The van der Waals surface area contributed by atoms with Crippen LogP contribution in [0.25, 0.3) is 0 Å². The Morgan fingerprint density at radius 2 is 1.90 bits per heavy atom. The highest BCUT2D eigenvalue weighted by molar-refractivity contribution is 9.10. The lowest BCUT2D eigenvalue weighted by atomic mass is 10.2. The molecule has 1 heterocycles. The van der Waals surface area contributed by atoms with Gasteiger partial charge in [0.2, 0.25) is 0 Å². The van der Waals surface area contributed by atoms with Crippen LogP contribution in [0.1, 0.15) is 16.8 Å². The number of hydrogen-bond acceptors (Lipinski definition) is 4. The molecule has 1 N–H and O–H groups in total. The number of aromatic nitrogens is 1. The standard InChI is InChI=1S/C15H14BrNO4/c16-12-8-14(10-17-9-12)21-6-2-5-20-13-4-1-3-11(7-13)15(18)19/h1,3-4,7-10H,2,5-6H2,(H,18,19). The first-order valence-corrected chi connectivity index (χ1v) is 7.14. The third kappa shape index (κ3) is 5.07. The van der Waals surface area contributed by atoms with E-state index in [1.165, 1.54) is 12.1 Å². The summed E-state index contributed by atoms with van der Waals surface area (Å²) in [7, 11) is 0. The van der Waals surface area contributed by atoms with E-state index in [0.717, 1.165) is 4.47 Å². The molecule has 0 aliphatic carbocycles. The van der Waals surface area contributed by atoms with Crippen LogP contribution in [0.5, 0.6) is 11.5 Å². The van der Waals surface area contributed by atoms with Gasteiger partial charge in [-0.25, -0.2) is 4.79 Å². The number of nitrogens with zero attached hydrogens (tertiary/aromatic N) is 1. The molecule has 0 spiro atoms. The van der Waals surface area contributed by atoms with Crippen molar-refractivity contribution in [3.8, 4) is 11.5 Å². The minimum atomic E-state index is -0.967. The maximum Gasteiger partial charge on any atom is 0.335 e. The zero-order valence-corrected chi connectivity index (χ0v) is 12.7. The second-order valence-electron chi connectivity index (χ2n) is 4.22. The fourth-order valence-electron chi connectivity index (χ4n) is 1.63. The molecule has 0 bridgehead atoms. The molecule has 110 valence electrons. The minimum absolute atomic E-state index is 0.212. The summed E-state index contributed by atoms with van der Waals surface area (Å²) >= 11 is 3.32. The molecule has 0 radical (unpaired) electrons. The first-order valence-electron chi connectivity index (χ1n) is 6.34. The van der Waals surface area contributed by atoms with Gasteiger partial charge in [0.1, 0.15) is 11.5 Å². The van der Waals surface area contributed by atoms with Crippen molar-refractivity contribution in [2.75, 3.05) is 13.2 Å². The highest BCUT2D eigenvalue weighted by Gasteiger charge is 2.03. The van der Waals surface area contributed by atoms with Crippen molar-refractivity contribution >= 4 is 21.9 Å². The monoisotopic (exact) mass is 351 g/mol. The Morgan fingerprint density at radius 3 is 2.62 bits per heavy atom. The lowest BCUT2D eigenvalue weighted by Gasteiger charge is -2.08. The minimum Gasteiger partial charge on any atom is -0.493 e. The number of ether oxygens (including phenoxy) is 2. The Kier molecular flexibility index (Phi) is 5.57. The van der Waals surface area contributed by atoms with E-state index in [9.17, 15) is 4.79 Å². The van der Waals surface area contributed by atoms with Gasteiger partial charge in [0, 0.05) is 17.1 Å². The summed E-state index contributed by atoms with van der Waals surface area (Å²) < 4.78 is 11.9. The van der Waals surface area contributed by atoms with Crippen LogP contribution in [0.2, 0.25) is 0 Å². The second kappa shape index (κ2) is 7.64. The molecule has 0 saturated heterocycles. The molecule has 0 amide bonds. The maximum atomic E-state index is 10.8. The van der Waals surface area contributed by atoms with E-state index in [-0.39, 0.29) is 5.56 Å². The molecule has 5 nitrogen and oxygen atoms in total. The van der Waals surface area contributed by atoms with Crippen LogP contribution in [0.4, 0.5) is 0 Å². The number of carboxylic acid groups (broad SMARTS) is 1. The Labute approximate surface area is 130 Å². The zero-order valence-electron chi connectivity index (χ0n) is 11.2. The molecule has 0 aliphatic rings. The number of carboxylic acids is 1. The SMILES string of the molecule is O=C(O)c1cccc(OCCCOc2cncc(Br)c2)c1. The molecule has 1 aromatic heterocycles. The van der Waals surface area contributed by atoms with Gasteiger partial charge in [-0.15, -0.1) is 0 Å². The van der Waals surface area contributed by atoms with Crippen molar-refractivity contribution in [2.45, 2.75) is 6.42 Å². The van der Waals surface area contributed by atoms with E-state index >= 15 is 0 Å². The zero-order chi connectivity index (χ0) is 15.1. The molecule has 1 aromatic carbocycles. The van der Waals surface area contributed by atoms with Crippen molar-refractivity contribution in [3.05, 3.63) is 52.8 Å². The Bertz CT molecular complexity index is 618. The molecular formula is C15H14BrNO4. The Balaban J connectivity index is 1.72. The average Bonchev–Trinajstić information content (AvgIpc) is 2.47. The molecular weight excluding hydrogens is 338 g/mol. The fraction of sp³-hybridized carbons (Fsp3) is 0.200. The van der Waals surface area contributed by atoms with Gasteiger partial charge in [0.05, 0.1) is 25.0 Å². The summed E-state index contributed by atoms with van der Waals surface area (Å²) in [5.41, 5.74) is 0.212. The smallest absolute Gasteiger partial charge is 0.335 e. The maximum absolute atomic E-state index is 10.8. The van der Waals surface area contributed by atoms with E-state index in [1.54, 1.807) is 24.5 Å². The number of pyridine rings is 1. The van der Waals surface area contributed by atoms with E-state index in [1.807, 2.05) is 6.07 Å². The molecule has 0 saturated carbocycles. The van der Waals surface area contributed by atoms with Gasteiger partial charge in [-0.1, -0.05) is 6.07 Å². The number of rotatable bonds is 7. The molecule has 0 atom stereocenters. The topological polar surface area (TPSA) is 68.7 Å². The molecule has 2 rings (SSSR count). The predicted molar refractivity (Wildman–Crippen MR) is 80.9 cm³/mol. The van der Waals surface area contributed by atoms with Gasteiger partial charge < -0.3 is 14.6 Å². The van der Waals surface area contributed by atoms with Gasteiger partial charge in [0.25, 0.3) is 0 Å². The number of benzene rings is 1. The summed E-state index contributed by atoms with van der Waals surface area (Å²) in [6.07, 6.45) is 4.01. The van der Waals surface area contributed by atoms with E-state index < -0.39 is 5.97 Å². The normalized spacial score (nSPS) is 10.1. The van der Waals surface area contributed by atoms with Gasteiger partial charge in [-0.3, -0.25) is 4.98 Å². The molecule has 0 fully saturated rings. The number of halogens is 1. The van der Waals surface area contributed by atoms with Crippen molar-refractivity contribution in [1.29, 1.82) is 0 Å². The Hall–Kier alpha value is -2.08. The number of aromatic carboxylic acids is 1. The molecule has 21 heavy (non-hydrogen) atoms. The third-order valence-electron chi connectivity index (χ3n) is 2.59. The van der Waals surface area contributed by atoms with Crippen LogP contribution in [0, 0.1) is 0 Å². The summed E-state index contributed by atoms with van der Waals surface area (Å²) in [6.45, 7) is 0.946. The summed E-state index contributed by atoms with van der Waals surface area (Å²) in [4.78, 5) is 14.8. The first-order chi connectivity index (χ1) is 10.1. The number of carbonyl (C=O) groups is 1. The van der Waals surface area contributed by atoms with E-state index in [2.05, 4.69) is 20.9 Å². The number of hydrogen-bond donors (Lipinski definition) is 1. The molecule has 6 heteroatoms. The fourth-order valence-corrected chi connectivity index (χ4v) is 1.97. The van der Waals surface area contributed by atoms with Crippen LogP contribution >= 0.6 is 15.9 Å². The van der Waals surface area contributed by atoms with Crippen molar-refractivity contribution < 1.29 is 19.4 Å². The summed E-state index contributed by atoms with van der Waals surface area (Å²) in [5, 5.41) is 8.88. The quantitative estimate of drug-likeness (QED) is 0.774. The van der Waals surface area contributed by atoms with Gasteiger partial charge in [-0.2, -0.15) is 0 Å². The van der Waals surface area contributed by atoms with Crippen LogP contribution in [0.3, 0.4) is 0 Å². The van der Waals surface area contributed by atoms with Crippen LogP contribution in [0.15, 0.2) is 47.2 Å². The van der Waals surface area contributed by atoms with Gasteiger partial charge in [0.15, 0.2) is 0 Å². The average molecular weight is 352 g/mol. The van der Waals surface area contributed by atoms with Gasteiger partial charge in [-0.05, 0) is 40.2 Å². The van der Waals surface area contributed by atoms with Crippen LogP contribution in [-0.2, 0) is 0 Å². The van der Waals surface area contributed by atoms with E-state index in [4.69, 9.17) is 14.6 Å². The van der Waals surface area contributed by atoms with Crippen LogP contribution < -0.4 is 9.47 Å². The molecule has 2 aromatic rings. The first kappa shape index (κ1) is 15.3. The predicted octanol–water partition coefficient (Wildman–Crippen LogP) is 3.39. The lowest BCUT2D eigenvalue weighted by molar-refractivity contribution is 0.0696. The lowest BCUT2D eigenvalue weighted by Crippen LogP contribution is -2.05. The Morgan fingerprint density at radius 1 is 1.14 bits per heavy atom. The van der Waals surface area contributed by atoms with Crippen molar-refractivity contribution in [2.24, 2.45) is 0 Å². The highest BCUT2D eigenvalue weighted by atomic mass is 79.9. The molecule has 0 aliphatic heterocycles. The van der Waals surface area contributed by atoms with E-state index in [0.29, 0.717) is 31.1 Å². The third-order valence-corrected chi connectivity index (χ3v) is 3.02. The van der Waals surface area contributed by atoms with Crippen molar-refractivity contribution in [3.63, 3.8) is 0 Å². The summed E-state index contributed by atoms with van der Waals surface area (Å²) in [6, 6.07) is 8.25. The summed E-state index contributed by atoms with van der Waals surface area (Å²) in [5.74, 6) is 0.266. The highest BCUT2D eigenvalue weighted by Crippen LogP contribution is 2.16. The second-order valence-corrected chi connectivity index (χ2v) is 5.14. The van der Waals surface area contributed by atoms with Gasteiger partial charge >= 0.3 is 5.97 Å². The van der Waals surface area contributed by atoms with Crippen LogP contribution in [-0.4, -0.2) is 29.3 Å².